The van der Waals surface area contributed by atoms with E-state index in [1.807, 2.05) is 6.20 Å². The van der Waals surface area contributed by atoms with Crippen molar-refractivity contribution in [2.24, 2.45) is 0 Å². The lowest BCUT2D eigenvalue weighted by molar-refractivity contribution is 0.407. The molecule has 0 aromatic carbocycles. The molecular formula is C15H22N6O. The monoisotopic (exact) mass is 302 g/mol. The quantitative estimate of drug-likeness (QED) is 0.925. The second-order valence-corrected chi connectivity index (χ2v) is 5.45. The third kappa shape index (κ3) is 2.58. The van der Waals surface area contributed by atoms with Gasteiger partial charge in [0.25, 0.3) is 0 Å². The molecule has 0 spiro atoms. The zero-order valence-corrected chi connectivity index (χ0v) is 13.1. The van der Waals surface area contributed by atoms with Gasteiger partial charge in [-0.15, -0.1) is 0 Å². The predicted octanol–water partition coefficient (Wildman–Crippen LogP) is 1.67. The number of hydrogen-bond donors (Lipinski definition) is 1. The normalized spacial score (nSPS) is 16.0. The minimum Gasteiger partial charge on any atom is -0.490 e. The summed E-state index contributed by atoms with van der Waals surface area (Å²) in [5.41, 5.74) is 7.20. The lowest BCUT2D eigenvalue weighted by Crippen LogP contribution is -2.34. The van der Waals surface area contributed by atoms with E-state index in [0.717, 1.165) is 38.3 Å². The molecule has 1 saturated heterocycles. The van der Waals surface area contributed by atoms with Gasteiger partial charge in [-0.05, 0) is 25.8 Å². The molecule has 1 aliphatic heterocycles. The van der Waals surface area contributed by atoms with Crippen molar-refractivity contribution < 1.29 is 4.74 Å². The fraction of sp³-hybridized carbons (Fsp3) is 0.533. The first-order valence-electron chi connectivity index (χ1n) is 7.65. The Labute approximate surface area is 130 Å². The number of anilines is 2. The van der Waals surface area contributed by atoms with E-state index in [1.54, 1.807) is 7.11 Å². The van der Waals surface area contributed by atoms with Crippen molar-refractivity contribution in [1.29, 1.82) is 0 Å². The highest BCUT2D eigenvalue weighted by atomic mass is 16.5. The molecule has 0 atom stereocenters. The number of rotatable bonds is 4. The summed E-state index contributed by atoms with van der Waals surface area (Å²) in [6, 6.07) is 2.13. The van der Waals surface area contributed by atoms with Gasteiger partial charge < -0.3 is 15.4 Å². The van der Waals surface area contributed by atoms with Crippen molar-refractivity contribution >= 4 is 11.6 Å². The summed E-state index contributed by atoms with van der Waals surface area (Å²) < 4.78 is 7.45. The van der Waals surface area contributed by atoms with E-state index in [4.69, 9.17) is 10.5 Å². The van der Waals surface area contributed by atoms with Crippen LogP contribution in [0.2, 0.25) is 0 Å². The van der Waals surface area contributed by atoms with Crippen molar-refractivity contribution in [3.05, 3.63) is 24.3 Å². The average molecular weight is 302 g/mol. The van der Waals surface area contributed by atoms with Crippen LogP contribution in [0.25, 0.3) is 0 Å². The number of aromatic nitrogens is 4. The average Bonchev–Trinajstić information content (AvgIpc) is 3.03. The first kappa shape index (κ1) is 14.6. The number of methoxy groups -OCH3 is 1. The summed E-state index contributed by atoms with van der Waals surface area (Å²) in [4.78, 5) is 10.6. The fourth-order valence-electron chi connectivity index (χ4n) is 3.14. The number of nitrogens with two attached hydrogens (primary N) is 1. The summed E-state index contributed by atoms with van der Waals surface area (Å²) in [7, 11) is 1.60. The molecule has 0 bridgehead atoms. The van der Waals surface area contributed by atoms with Crippen LogP contribution in [0.4, 0.5) is 11.6 Å². The van der Waals surface area contributed by atoms with E-state index in [-0.39, 0.29) is 0 Å². The van der Waals surface area contributed by atoms with Gasteiger partial charge in [0.05, 0.1) is 7.11 Å². The number of nitrogen functional groups attached to an aromatic ring is 1. The van der Waals surface area contributed by atoms with Crippen LogP contribution in [-0.4, -0.2) is 39.9 Å². The van der Waals surface area contributed by atoms with E-state index in [9.17, 15) is 0 Å². The van der Waals surface area contributed by atoms with Gasteiger partial charge in [-0.1, -0.05) is 0 Å². The van der Waals surface area contributed by atoms with E-state index in [0.29, 0.717) is 17.5 Å². The standard InChI is InChI=1S/C15H22N6O/c1-3-21-12(4-7-19-21)11-5-8-20(9-6-11)15-13(22-2)14(16)17-10-18-15/h4,7,10-11H,3,5-6,8-9H2,1-2H3,(H2,16,17,18). The highest BCUT2D eigenvalue weighted by Gasteiger charge is 2.26. The third-order valence-corrected chi connectivity index (χ3v) is 4.28. The fourth-order valence-corrected chi connectivity index (χ4v) is 3.14. The molecular weight excluding hydrogens is 280 g/mol. The smallest absolute Gasteiger partial charge is 0.204 e. The lowest BCUT2D eigenvalue weighted by atomic mass is 9.93. The Morgan fingerprint density at radius 3 is 2.77 bits per heavy atom. The van der Waals surface area contributed by atoms with E-state index in [1.165, 1.54) is 12.0 Å². The molecule has 2 aromatic rings. The molecule has 3 rings (SSSR count). The van der Waals surface area contributed by atoms with Gasteiger partial charge >= 0.3 is 0 Å². The van der Waals surface area contributed by atoms with Crippen LogP contribution in [-0.2, 0) is 6.54 Å². The molecule has 0 amide bonds. The maximum atomic E-state index is 5.87. The van der Waals surface area contributed by atoms with Crippen LogP contribution in [0.15, 0.2) is 18.6 Å². The van der Waals surface area contributed by atoms with Crippen LogP contribution < -0.4 is 15.4 Å². The molecule has 1 fully saturated rings. The van der Waals surface area contributed by atoms with E-state index < -0.39 is 0 Å². The molecule has 0 aliphatic carbocycles. The number of ether oxygens (including phenoxy) is 1. The number of aryl methyl sites for hydroxylation is 1. The lowest BCUT2D eigenvalue weighted by Gasteiger charge is -2.33. The molecule has 3 heterocycles. The van der Waals surface area contributed by atoms with Crippen LogP contribution in [0.5, 0.6) is 5.75 Å². The Morgan fingerprint density at radius 1 is 1.32 bits per heavy atom. The summed E-state index contributed by atoms with van der Waals surface area (Å²) in [5, 5.41) is 4.37. The Balaban J connectivity index is 1.74. The topological polar surface area (TPSA) is 82.1 Å². The number of hydrogen-bond acceptors (Lipinski definition) is 6. The minimum atomic E-state index is 0.388. The Morgan fingerprint density at radius 2 is 2.09 bits per heavy atom. The van der Waals surface area contributed by atoms with Gasteiger partial charge in [0, 0.05) is 37.4 Å². The SMILES string of the molecule is CCn1nccc1C1CCN(c2ncnc(N)c2OC)CC1. The van der Waals surface area contributed by atoms with Crippen molar-refractivity contribution in [3.63, 3.8) is 0 Å². The van der Waals surface area contributed by atoms with Crippen molar-refractivity contribution in [2.75, 3.05) is 30.8 Å². The van der Waals surface area contributed by atoms with Gasteiger partial charge in [0.2, 0.25) is 5.75 Å². The molecule has 1 aliphatic rings. The van der Waals surface area contributed by atoms with Crippen LogP contribution in [0, 0.1) is 0 Å². The molecule has 2 N–H and O–H groups in total. The maximum absolute atomic E-state index is 5.87. The summed E-state index contributed by atoms with van der Waals surface area (Å²) in [6.07, 6.45) is 5.52. The van der Waals surface area contributed by atoms with Crippen molar-refractivity contribution in [2.45, 2.75) is 32.2 Å². The van der Waals surface area contributed by atoms with E-state index >= 15 is 0 Å². The predicted molar refractivity (Wildman–Crippen MR) is 85.1 cm³/mol. The summed E-state index contributed by atoms with van der Waals surface area (Å²) in [5.74, 6) is 2.29. The Kier molecular flexibility index (Phi) is 4.13. The van der Waals surface area contributed by atoms with E-state index in [2.05, 4.69) is 37.6 Å². The summed E-state index contributed by atoms with van der Waals surface area (Å²) >= 11 is 0. The molecule has 0 unspecified atom stereocenters. The molecule has 0 radical (unpaired) electrons. The summed E-state index contributed by atoms with van der Waals surface area (Å²) in [6.45, 7) is 4.89. The second-order valence-electron chi connectivity index (χ2n) is 5.45. The van der Waals surface area contributed by atoms with Gasteiger partial charge in [-0.2, -0.15) is 5.10 Å². The third-order valence-electron chi connectivity index (χ3n) is 4.28. The van der Waals surface area contributed by atoms with Crippen molar-refractivity contribution in [3.8, 4) is 5.75 Å². The molecule has 118 valence electrons. The minimum absolute atomic E-state index is 0.388. The molecule has 0 saturated carbocycles. The highest BCUT2D eigenvalue weighted by molar-refractivity contribution is 5.62. The highest BCUT2D eigenvalue weighted by Crippen LogP contribution is 2.35. The Hall–Kier alpha value is -2.31. The maximum Gasteiger partial charge on any atom is 0.204 e. The largest absolute Gasteiger partial charge is 0.490 e. The van der Waals surface area contributed by atoms with Gasteiger partial charge in [0.1, 0.15) is 6.33 Å². The zero-order chi connectivity index (χ0) is 15.5. The number of nitrogens with zero attached hydrogens (tertiary/aromatic N) is 5. The van der Waals surface area contributed by atoms with Gasteiger partial charge in [0.15, 0.2) is 11.6 Å². The van der Waals surface area contributed by atoms with Gasteiger partial charge in [-0.3, -0.25) is 4.68 Å². The van der Waals surface area contributed by atoms with Crippen LogP contribution >= 0.6 is 0 Å². The number of piperidine rings is 1. The van der Waals surface area contributed by atoms with Crippen LogP contribution in [0.3, 0.4) is 0 Å². The Bertz CT molecular complexity index is 633. The molecule has 7 heteroatoms. The molecule has 2 aromatic heterocycles. The molecule has 22 heavy (non-hydrogen) atoms. The first-order valence-corrected chi connectivity index (χ1v) is 7.65. The molecule has 7 nitrogen and oxygen atoms in total. The first-order chi connectivity index (χ1) is 10.7. The van der Waals surface area contributed by atoms with Gasteiger partial charge in [-0.25, -0.2) is 9.97 Å². The van der Waals surface area contributed by atoms with Crippen molar-refractivity contribution in [1.82, 2.24) is 19.7 Å². The van der Waals surface area contributed by atoms with Crippen LogP contribution in [0.1, 0.15) is 31.4 Å². The zero-order valence-electron chi connectivity index (χ0n) is 13.1. The second kappa shape index (κ2) is 6.21.